The van der Waals surface area contributed by atoms with Crippen LogP contribution in [-0.2, 0) is 20.0 Å². The van der Waals surface area contributed by atoms with Gasteiger partial charge in [0.05, 0.1) is 4.90 Å². The second-order valence-electron chi connectivity index (χ2n) is 6.39. The summed E-state index contributed by atoms with van der Waals surface area (Å²) in [6.45, 7) is 0.742. The Kier molecular flexibility index (Phi) is 5.65. The van der Waals surface area contributed by atoms with Gasteiger partial charge < -0.3 is 9.47 Å². The number of aromatic nitrogens is 1. The summed E-state index contributed by atoms with van der Waals surface area (Å²) in [5.41, 5.74) is 0.472. The fourth-order valence-corrected chi connectivity index (χ4v) is 5.38. The molecule has 4 rings (SSSR count). The zero-order valence-electron chi connectivity index (χ0n) is 15.8. The van der Waals surface area contributed by atoms with Crippen molar-refractivity contribution in [2.45, 2.75) is 9.79 Å². The molecular formula is C19H16ClN3O6S2. The molecule has 0 amide bonds. The van der Waals surface area contributed by atoms with Gasteiger partial charge in [-0.05, 0) is 48.5 Å². The highest BCUT2D eigenvalue weighted by Crippen LogP contribution is 2.33. The predicted molar refractivity (Wildman–Crippen MR) is 115 cm³/mol. The van der Waals surface area contributed by atoms with E-state index in [1.54, 1.807) is 0 Å². The lowest BCUT2D eigenvalue weighted by molar-refractivity contribution is 0.171. The number of hydrogen-bond donors (Lipinski definition) is 2. The van der Waals surface area contributed by atoms with Crippen molar-refractivity contribution in [1.29, 1.82) is 0 Å². The first kappa shape index (κ1) is 21.2. The lowest BCUT2D eigenvalue weighted by Crippen LogP contribution is -2.17. The minimum Gasteiger partial charge on any atom is -0.486 e. The first-order valence-electron chi connectivity index (χ1n) is 8.90. The van der Waals surface area contributed by atoms with Crippen LogP contribution < -0.4 is 18.9 Å². The number of hydrogen-bond acceptors (Lipinski definition) is 7. The van der Waals surface area contributed by atoms with E-state index < -0.39 is 20.0 Å². The van der Waals surface area contributed by atoms with Crippen LogP contribution >= 0.6 is 11.6 Å². The van der Waals surface area contributed by atoms with E-state index in [9.17, 15) is 16.8 Å². The van der Waals surface area contributed by atoms with Gasteiger partial charge in [-0.1, -0.05) is 11.6 Å². The van der Waals surface area contributed by atoms with Gasteiger partial charge in [-0.25, -0.2) is 21.8 Å². The van der Waals surface area contributed by atoms with Gasteiger partial charge in [0, 0.05) is 23.6 Å². The van der Waals surface area contributed by atoms with Crippen LogP contribution in [0.5, 0.6) is 11.5 Å². The Labute approximate surface area is 184 Å². The van der Waals surface area contributed by atoms with Crippen LogP contribution in [-0.4, -0.2) is 35.0 Å². The van der Waals surface area contributed by atoms with Crippen LogP contribution in [0.1, 0.15) is 0 Å². The number of ether oxygens (including phenoxy) is 2. The zero-order chi connectivity index (χ0) is 22.1. The fourth-order valence-electron chi connectivity index (χ4n) is 2.79. The molecule has 3 aromatic rings. The van der Waals surface area contributed by atoms with Crippen LogP contribution in [0.2, 0.25) is 5.15 Å². The summed E-state index contributed by atoms with van der Waals surface area (Å²) in [7, 11) is -7.85. The zero-order valence-corrected chi connectivity index (χ0v) is 18.2. The Morgan fingerprint density at radius 1 is 0.806 bits per heavy atom. The van der Waals surface area contributed by atoms with Crippen molar-refractivity contribution in [2.24, 2.45) is 0 Å². The van der Waals surface area contributed by atoms with Crippen molar-refractivity contribution in [3.8, 4) is 11.5 Å². The van der Waals surface area contributed by atoms with Crippen molar-refractivity contribution >= 4 is 43.0 Å². The number of fused-ring (bicyclic) bond motifs is 1. The molecule has 0 spiro atoms. The predicted octanol–water partition coefficient (Wildman–Crippen LogP) is 3.11. The molecule has 0 saturated heterocycles. The minimum atomic E-state index is -3.95. The average molecular weight is 482 g/mol. The third-order valence-corrected chi connectivity index (χ3v) is 7.43. The van der Waals surface area contributed by atoms with Crippen LogP contribution in [0.15, 0.2) is 70.6 Å². The molecule has 12 heteroatoms. The van der Waals surface area contributed by atoms with E-state index in [2.05, 4.69) is 14.4 Å². The van der Waals surface area contributed by atoms with E-state index in [1.165, 1.54) is 60.8 Å². The number of nitrogens with one attached hydrogen (secondary N) is 2. The lowest BCUT2D eigenvalue weighted by atomic mass is 10.3. The number of pyridine rings is 1. The van der Waals surface area contributed by atoms with Gasteiger partial charge in [0.2, 0.25) is 0 Å². The highest BCUT2D eigenvalue weighted by Gasteiger charge is 2.21. The molecule has 2 N–H and O–H groups in total. The first-order valence-corrected chi connectivity index (χ1v) is 12.2. The summed E-state index contributed by atoms with van der Waals surface area (Å²) in [4.78, 5) is 3.59. The summed E-state index contributed by atoms with van der Waals surface area (Å²) in [5.74, 6) is 0.837. The number of anilines is 2. The monoisotopic (exact) mass is 481 g/mol. The van der Waals surface area contributed by atoms with E-state index in [0.29, 0.717) is 24.7 Å². The second kappa shape index (κ2) is 8.25. The van der Waals surface area contributed by atoms with E-state index in [1.807, 2.05) is 0 Å². The van der Waals surface area contributed by atoms with Crippen molar-refractivity contribution < 1.29 is 26.3 Å². The molecular weight excluding hydrogens is 466 g/mol. The minimum absolute atomic E-state index is 0.00717. The third kappa shape index (κ3) is 4.68. The first-order chi connectivity index (χ1) is 14.7. The van der Waals surface area contributed by atoms with Crippen LogP contribution in [0.25, 0.3) is 0 Å². The number of nitrogens with zero attached hydrogens (tertiary/aromatic N) is 1. The number of halogens is 1. The Hall–Kier alpha value is -3.02. The molecule has 0 unspecified atom stereocenters. The molecule has 9 nitrogen and oxygen atoms in total. The third-order valence-electron chi connectivity index (χ3n) is 4.23. The van der Waals surface area contributed by atoms with Gasteiger partial charge in [0.25, 0.3) is 20.0 Å². The molecule has 31 heavy (non-hydrogen) atoms. The summed E-state index contributed by atoms with van der Waals surface area (Å²) >= 11 is 5.85. The Morgan fingerprint density at radius 2 is 1.42 bits per heavy atom. The molecule has 0 atom stereocenters. The quantitative estimate of drug-likeness (QED) is 0.518. The Morgan fingerprint density at radius 3 is 2.06 bits per heavy atom. The number of sulfonamides is 2. The number of benzene rings is 2. The van der Waals surface area contributed by atoms with E-state index in [4.69, 9.17) is 21.1 Å². The molecule has 0 saturated carbocycles. The SMILES string of the molecule is O=S(=O)(Nc1ccc(NS(=O)(=O)c2cccnc2Cl)cc1)c1ccc2c(c1)OCCO2. The molecule has 162 valence electrons. The molecule has 1 aliphatic heterocycles. The van der Waals surface area contributed by atoms with Crippen LogP contribution in [0, 0.1) is 0 Å². The van der Waals surface area contributed by atoms with Gasteiger partial charge >= 0.3 is 0 Å². The van der Waals surface area contributed by atoms with Crippen LogP contribution in [0.3, 0.4) is 0 Å². The van der Waals surface area contributed by atoms with Gasteiger partial charge in [-0.2, -0.15) is 0 Å². The second-order valence-corrected chi connectivity index (χ2v) is 10.1. The standard InChI is InChI=1S/C19H16ClN3O6S2/c20-19-18(2-1-9-21-19)31(26,27)23-14-5-3-13(4-6-14)22-30(24,25)15-7-8-16-17(12-15)29-11-10-28-16/h1-9,12,22-23H,10-11H2. The topological polar surface area (TPSA) is 124 Å². The van der Waals surface area contributed by atoms with Crippen molar-refractivity contribution in [3.05, 3.63) is 65.9 Å². The smallest absolute Gasteiger partial charge is 0.264 e. The average Bonchev–Trinajstić information content (AvgIpc) is 2.74. The van der Waals surface area contributed by atoms with Gasteiger partial charge in [0.1, 0.15) is 23.3 Å². The largest absolute Gasteiger partial charge is 0.486 e. The summed E-state index contributed by atoms with van der Waals surface area (Å²) in [5, 5.41) is -0.154. The lowest BCUT2D eigenvalue weighted by Gasteiger charge is -2.19. The maximum atomic E-state index is 12.7. The van der Waals surface area contributed by atoms with Gasteiger partial charge in [-0.15, -0.1) is 0 Å². The molecule has 2 aromatic carbocycles. The highest BCUT2D eigenvalue weighted by molar-refractivity contribution is 7.93. The van der Waals surface area contributed by atoms with Gasteiger partial charge in [0.15, 0.2) is 11.5 Å². The van der Waals surface area contributed by atoms with Crippen molar-refractivity contribution in [1.82, 2.24) is 4.98 Å². The molecule has 0 fully saturated rings. The fraction of sp³-hybridized carbons (Fsp3) is 0.105. The van der Waals surface area contributed by atoms with Gasteiger partial charge in [-0.3, -0.25) is 9.44 Å². The molecule has 1 aliphatic rings. The maximum Gasteiger partial charge on any atom is 0.264 e. The maximum absolute atomic E-state index is 12.7. The van der Waals surface area contributed by atoms with Crippen molar-refractivity contribution in [2.75, 3.05) is 22.7 Å². The normalized spacial score (nSPS) is 13.5. The molecule has 0 radical (unpaired) electrons. The molecule has 2 heterocycles. The summed E-state index contributed by atoms with van der Waals surface area (Å²) in [6, 6.07) is 12.8. The van der Waals surface area contributed by atoms with Crippen LogP contribution in [0.4, 0.5) is 11.4 Å². The summed E-state index contributed by atoms with van der Waals surface area (Å²) < 4.78 is 65.9. The molecule has 1 aromatic heterocycles. The number of rotatable bonds is 6. The Bertz CT molecular complexity index is 1330. The molecule has 0 bridgehead atoms. The van der Waals surface area contributed by atoms with E-state index >= 15 is 0 Å². The van der Waals surface area contributed by atoms with E-state index in [-0.39, 0.29) is 26.3 Å². The molecule has 0 aliphatic carbocycles. The highest BCUT2D eigenvalue weighted by atomic mass is 35.5. The van der Waals surface area contributed by atoms with E-state index in [0.717, 1.165) is 0 Å². The van der Waals surface area contributed by atoms with Crippen molar-refractivity contribution in [3.63, 3.8) is 0 Å². The summed E-state index contributed by atoms with van der Waals surface area (Å²) in [6.07, 6.45) is 1.38. The Balaban J connectivity index is 1.50.